The molecule has 1 saturated heterocycles. The molecule has 1 amide bonds. The van der Waals surface area contributed by atoms with Crippen LogP contribution < -0.4 is 15.1 Å². The first-order chi connectivity index (χ1) is 13.0. The average molecular weight is 390 g/mol. The van der Waals surface area contributed by atoms with Crippen molar-refractivity contribution < 1.29 is 14.6 Å². The van der Waals surface area contributed by atoms with E-state index in [1.807, 2.05) is 24.3 Å². The molecule has 1 fully saturated rings. The van der Waals surface area contributed by atoms with Crippen molar-refractivity contribution >= 4 is 34.6 Å². The Hall–Kier alpha value is -2.64. The third-order valence-electron chi connectivity index (χ3n) is 4.87. The molecule has 0 saturated carbocycles. The van der Waals surface area contributed by atoms with Crippen LogP contribution in [0.5, 0.6) is 0 Å². The van der Waals surface area contributed by atoms with Crippen molar-refractivity contribution in [3.63, 3.8) is 0 Å². The Morgan fingerprint density at radius 3 is 2.59 bits per heavy atom. The number of halogens is 1. The van der Waals surface area contributed by atoms with Gasteiger partial charge in [-0.05, 0) is 25.1 Å². The minimum atomic E-state index is -0.541. The highest BCUT2D eigenvalue weighted by molar-refractivity contribution is 6.34. The maximum absolute atomic E-state index is 12.7. The van der Waals surface area contributed by atoms with Gasteiger partial charge in [0.15, 0.2) is 0 Å². The number of nitro groups is 1. The summed E-state index contributed by atoms with van der Waals surface area (Å²) in [6, 6.07) is 11.5. The Morgan fingerprint density at radius 1 is 1.26 bits per heavy atom. The largest absolute Gasteiger partial charge is 0.359 e. The van der Waals surface area contributed by atoms with Crippen LogP contribution in [-0.2, 0) is 0 Å². The molecule has 0 aliphatic carbocycles. The van der Waals surface area contributed by atoms with Gasteiger partial charge in [0.05, 0.1) is 59.6 Å². The van der Waals surface area contributed by atoms with E-state index >= 15 is 0 Å². The topological polar surface area (TPSA) is 79.9 Å². The predicted molar refractivity (Wildman–Crippen MR) is 106 cm³/mol. The highest BCUT2D eigenvalue weighted by Gasteiger charge is 2.22. The Kier molecular flexibility index (Phi) is 5.93. The molecule has 1 aliphatic rings. The number of hydrogen-bond donors (Lipinski definition) is 2. The number of piperazine rings is 1. The number of hydrogen-bond acceptors (Lipinski definition) is 4. The Morgan fingerprint density at radius 2 is 1.96 bits per heavy atom. The van der Waals surface area contributed by atoms with Crippen molar-refractivity contribution in [2.75, 3.05) is 42.9 Å². The molecule has 0 unspecified atom stereocenters. The summed E-state index contributed by atoms with van der Waals surface area (Å²) < 4.78 is 0. The monoisotopic (exact) mass is 389 g/mol. The van der Waals surface area contributed by atoms with Gasteiger partial charge in [0, 0.05) is 12.1 Å². The molecule has 142 valence electrons. The molecule has 0 spiro atoms. The van der Waals surface area contributed by atoms with E-state index < -0.39 is 4.92 Å². The van der Waals surface area contributed by atoms with Gasteiger partial charge >= 0.3 is 0 Å². The molecule has 8 heteroatoms. The first-order valence-corrected chi connectivity index (χ1v) is 9.30. The molecule has 1 aliphatic heterocycles. The number of likely N-dealkylation sites (N-methyl/N-ethyl adjacent to an activating group) is 1. The number of para-hydroxylation sites is 2. The molecule has 0 radical (unpaired) electrons. The average Bonchev–Trinajstić information content (AvgIpc) is 2.68. The zero-order valence-corrected chi connectivity index (χ0v) is 15.8. The fourth-order valence-electron chi connectivity index (χ4n) is 3.26. The molecule has 2 aromatic carbocycles. The number of carbonyl (C=O) groups excluding carboxylic acids is 1. The van der Waals surface area contributed by atoms with E-state index in [4.69, 9.17) is 11.6 Å². The van der Waals surface area contributed by atoms with Crippen LogP contribution in [0.3, 0.4) is 0 Å². The van der Waals surface area contributed by atoms with Gasteiger partial charge in [-0.1, -0.05) is 23.7 Å². The minimum absolute atomic E-state index is 0.0549. The first-order valence-electron chi connectivity index (χ1n) is 8.92. The summed E-state index contributed by atoms with van der Waals surface area (Å²) in [5.74, 6) is -0.389. The lowest BCUT2D eigenvalue weighted by Crippen LogP contribution is -3.14. The summed E-state index contributed by atoms with van der Waals surface area (Å²) in [5, 5.41) is 13.8. The summed E-state index contributed by atoms with van der Waals surface area (Å²) in [6.45, 7) is 7.28. The Labute approximate surface area is 162 Å². The SMILES string of the molecule is CC[NH+]1CCN(c2ccccc2NC(=O)c2ccc([N+](=O)[O-])cc2Cl)CC1. The third kappa shape index (κ3) is 4.37. The predicted octanol–water partition coefficient (Wildman–Crippen LogP) is 2.23. The van der Waals surface area contributed by atoms with Gasteiger partial charge < -0.3 is 15.1 Å². The van der Waals surface area contributed by atoms with Gasteiger partial charge in [0.1, 0.15) is 0 Å². The maximum Gasteiger partial charge on any atom is 0.270 e. The second-order valence-corrected chi connectivity index (χ2v) is 6.89. The number of nitrogens with one attached hydrogen (secondary N) is 2. The number of amides is 1. The number of rotatable bonds is 5. The van der Waals surface area contributed by atoms with Crippen molar-refractivity contribution in [1.82, 2.24) is 0 Å². The Balaban J connectivity index is 1.78. The maximum atomic E-state index is 12.7. The molecule has 0 aromatic heterocycles. The molecule has 2 aromatic rings. The standard InChI is InChI=1S/C19H21ClN4O3/c1-2-22-9-11-23(12-10-22)18-6-4-3-5-17(18)21-19(25)15-8-7-14(24(26)27)13-16(15)20/h3-8,13H,2,9-12H2,1H3,(H,21,25)/p+1. The lowest BCUT2D eigenvalue weighted by atomic mass is 10.1. The molecule has 0 bridgehead atoms. The van der Waals surface area contributed by atoms with Gasteiger partial charge in [-0.2, -0.15) is 0 Å². The van der Waals surface area contributed by atoms with E-state index in [2.05, 4.69) is 17.1 Å². The normalized spacial score (nSPS) is 14.8. The van der Waals surface area contributed by atoms with Gasteiger partial charge in [-0.25, -0.2) is 0 Å². The number of non-ortho nitro benzene ring substituents is 1. The molecule has 27 heavy (non-hydrogen) atoms. The summed E-state index contributed by atoms with van der Waals surface area (Å²) >= 11 is 6.08. The van der Waals surface area contributed by atoms with Crippen molar-refractivity contribution in [2.45, 2.75) is 6.92 Å². The summed E-state index contributed by atoms with van der Waals surface area (Å²) in [5.41, 5.74) is 1.74. The van der Waals surface area contributed by atoms with Gasteiger partial charge in [0.25, 0.3) is 11.6 Å². The Bertz CT molecular complexity index is 851. The number of quaternary nitrogens is 1. The van der Waals surface area contributed by atoms with E-state index in [1.54, 1.807) is 4.90 Å². The zero-order valence-electron chi connectivity index (χ0n) is 15.1. The van der Waals surface area contributed by atoms with Gasteiger partial charge in [-0.3, -0.25) is 14.9 Å². The highest BCUT2D eigenvalue weighted by atomic mass is 35.5. The fourth-order valence-corrected chi connectivity index (χ4v) is 3.52. The number of nitro benzene ring substituents is 1. The van der Waals surface area contributed by atoms with E-state index in [0.717, 1.165) is 38.4 Å². The third-order valence-corrected chi connectivity index (χ3v) is 5.18. The number of carbonyl (C=O) groups is 1. The minimum Gasteiger partial charge on any atom is -0.359 e. The van der Waals surface area contributed by atoms with E-state index in [0.29, 0.717) is 5.69 Å². The first kappa shape index (κ1) is 19.1. The second kappa shape index (κ2) is 8.37. The van der Waals surface area contributed by atoms with Crippen LogP contribution in [0, 0.1) is 10.1 Å². The summed E-state index contributed by atoms with van der Waals surface area (Å²) in [4.78, 5) is 26.8. The quantitative estimate of drug-likeness (QED) is 0.607. The molecule has 3 rings (SSSR count). The van der Waals surface area contributed by atoms with Gasteiger partial charge in [0.2, 0.25) is 0 Å². The van der Waals surface area contributed by atoms with Crippen LogP contribution in [-0.4, -0.2) is 43.6 Å². The van der Waals surface area contributed by atoms with Crippen LogP contribution >= 0.6 is 11.6 Å². The fraction of sp³-hybridized carbons (Fsp3) is 0.316. The van der Waals surface area contributed by atoms with Crippen LogP contribution in [0.25, 0.3) is 0 Å². The number of nitrogens with zero attached hydrogens (tertiary/aromatic N) is 2. The van der Waals surface area contributed by atoms with E-state index in [1.165, 1.54) is 18.2 Å². The van der Waals surface area contributed by atoms with Crippen LogP contribution in [0.15, 0.2) is 42.5 Å². The molecule has 7 nitrogen and oxygen atoms in total. The number of benzene rings is 2. The lowest BCUT2D eigenvalue weighted by molar-refractivity contribution is -0.898. The summed E-state index contributed by atoms with van der Waals surface area (Å²) in [6.07, 6.45) is 0. The van der Waals surface area contributed by atoms with Crippen LogP contribution in [0.2, 0.25) is 5.02 Å². The highest BCUT2D eigenvalue weighted by Crippen LogP contribution is 2.28. The van der Waals surface area contributed by atoms with Gasteiger partial charge in [-0.15, -0.1) is 0 Å². The molecule has 0 atom stereocenters. The molecular weight excluding hydrogens is 368 g/mol. The molecular formula is C19H22ClN4O3+. The molecule has 2 N–H and O–H groups in total. The van der Waals surface area contributed by atoms with E-state index in [9.17, 15) is 14.9 Å². The van der Waals surface area contributed by atoms with Crippen LogP contribution in [0.4, 0.5) is 17.1 Å². The lowest BCUT2D eigenvalue weighted by Gasteiger charge is -2.34. The summed E-state index contributed by atoms with van der Waals surface area (Å²) in [7, 11) is 0. The number of anilines is 2. The zero-order chi connectivity index (χ0) is 19.4. The molecule has 1 heterocycles. The second-order valence-electron chi connectivity index (χ2n) is 6.48. The van der Waals surface area contributed by atoms with E-state index in [-0.39, 0.29) is 22.2 Å². The van der Waals surface area contributed by atoms with Crippen molar-refractivity contribution in [3.8, 4) is 0 Å². The van der Waals surface area contributed by atoms with Crippen LogP contribution in [0.1, 0.15) is 17.3 Å². The van der Waals surface area contributed by atoms with Crippen molar-refractivity contribution in [2.24, 2.45) is 0 Å². The van der Waals surface area contributed by atoms with Crippen molar-refractivity contribution in [1.29, 1.82) is 0 Å². The van der Waals surface area contributed by atoms with Crippen molar-refractivity contribution in [3.05, 3.63) is 63.2 Å². The smallest absolute Gasteiger partial charge is 0.270 e.